The topological polar surface area (TPSA) is 63.7 Å². The third-order valence-corrected chi connectivity index (χ3v) is 5.31. The molecule has 1 heterocycles. The highest BCUT2D eigenvalue weighted by Crippen LogP contribution is 2.19. The van der Waals surface area contributed by atoms with Gasteiger partial charge in [0.1, 0.15) is 11.6 Å². The zero-order valence-electron chi connectivity index (χ0n) is 12.0. The summed E-state index contributed by atoms with van der Waals surface area (Å²) >= 11 is 0. The molecule has 1 aromatic carbocycles. The van der Waals surface area contributed by atoms with Gasteiger partial charge in [0.25, 0.3) is 5.91 Å². The summed E-state index contributed by atoms with van der Waals surface area (Å²) in [6.07, 6.45) is -0.364. The van der Waals surface area contributed by atoms with Crippen LogP contribution in [0.2, 0.25) is 0 Å². The fourth-order valence-electron chi connectivity index (χ4n) is 2.34. The highest BCUT2D eigenvalue weighted by molar-refractivity contribution is 7.91. The lowest BCUT2D eigenvalue weighted by molar-refractivity contribution is -0.138. The molecule has 1 aliphatic heterocycles. The number of hydrogen-bond donors (Lipinski definition) is 0. The predicted molar refractivity (Wildman–Crippen MR) is 76.3 cm³/mol. The SMILES string of the molecule is C[C@@H](Oc1cccc(F)c1)C(=O)N(C)[C@H]1CCS(=O)(=O)C1. The number of sulfone groups is 1. The van der Waals surface area contributed by atoms with Crippen LogP contribution in [-0.4, -0.2) is 49.9 Å². The molecule has 0 saturated carbocycles. The molecule has 0 aliphatic carbocycles. The van der Waals surface area contributed by atoms with Crippen molar-refractivity contribution in [1.29, 1.82) is 0 Å². The summed E-state index contributed by atoms with van der Waals surface area (Å²) in [6.45, 7) is 1.56. The smallest absolute Gasteiger partial charge is 0.263 e. The highest BCUT2D eigenvalue weighted by Gasteiger charge is 2.34. The van der Waals surface area contributed by atoms with Crippen LogP contribution in [0.3, 0.4) is 0 Å². The fraction of sp³-hybridized carbons (Fsp3) is 0.500. The Bertz CT molecular complexity index is 632. The number of halogens is 1. The first kappa shape index (κ1) is 15.8. The Kier molecular flexibility index (Phi) is 4.51. The third kappa shape index (κ3) is 3.93. The molecule has 21 heavy (non-hydrogen) atoms. The van der Waals surface area contributed by atoms with Gasteiger partial charge in [0.2, 0.25) is 0 Å². The van der Waals surface area contributed by atoms with E-state index in [9.17, 15) is 17.6 Å². The van der Waals surface area contributed by atoms with Crippen LogP contribution < -0.4 is 4.74 Å². The molecular formula is C14H18FNO4S. The molecule has 2 rings (SSSR count). The van der Waals surface area contributed by atoms with E-state index in [1.807, 2.05) is 0 Å². The lowest BCUT2D eigenvalue weighted by Gasteiger charge is -2.26. The zero-order chi connectivity index (χ0) is 15.6. The second kappa shape index (κ2) is 6.01. The number of amides is 1. The summed E-state index contributed by atoms with van der Waals surface area (Å²) in [5.41, 5.74) is 0. The molecule has 1 amide bonds. The van der Waals surface area contributed by atoms with Crippen LogP contribution >= 0.6 is 0 Å². The Morgan fingerprint density at radius 2 is 2.19 bits per heavy atom. The van der Waals surface area contributed by atoms with Gasteiger partial charge in [0, 0.05) is 19.2 Å². The van der Waals surface area contributed by atoms with Gasteiger partial charge in [0.05, 0.1) is 11.5 Å². The number of hydrogen-bond acceptors (Lipinski definition) is 4. The minimum atomic E-state index is -3.05. The van der Waals surface area contributed by atoms with Gasteiger partial charge < -0.3 is 9.64 Å². The molecule has 2 atom stereocenters. The van der Waals surface area contributed by atoms with Crippen LogP contribution in [0.15, 0.2) is 24.3 Å². The lowest BCUT2D eigenvalue weighted by atomic mass is 10.2. The number of benzene rings is 1. The minimum Gasteiger partial charge on any atom is -0.481 e. The highest BCUT2D eigenvalue weighted by atomic mass is 32.2. The van der Waals surface area contributed by atoms with Crippen molar-refractivity contribution in [1.82, 2.24) is 4.90 Å². The summed E-state index contributed by atoms with van der Waals surface area (Å²) in [7, 11) is -1.48. The van der Waals surface area contributed by atoms with Crippen molar-refractivity contribution >= 4 is 15.7 Å². The van der Waals surface area contributed by atoms with Gasteiger partial charge in [-0.3, -0.25) is 4.79 Å². The summed E-state index contributed by atoms with van der Waals surface area (Å²) in [5, 5.41) is 0. The van der Waals surface area contributed by atoms with E-state index in [0.29, 0.717) is 6.42 Å². The molecule has 5 nitrogen and oxygen atoms in total. The molecule has 0 bridgehead atoms. The summed E-state index contributed by atoms with van der Waals surface area (Å²) < 4.78 is 41.4. The van der Waals surface area contributed by atoms with Gasteiger partial charge >= 0.3 is 0 Å². The van der Waals surface area contributed by atoms with E-state index in [1.165, 1.54) is 23.1 Å². The second-order valence-corrected chi connectivity index (χ2v) is 7.45. The molecule has 1 aromatic rings. The first-order valence-corrected chi connectivity index (χ1v) is 8.50. The maximum Gasteiger partial charge on any atom is 0.263 e. The van der Waals surface area contributed by atoms with E-state index in [1.54, 1.807) is 20.0 Å². The van der Waals surface area contributed by atoms with Crippen LogP contribution in [0.1, 0.15) is 13.3 Å². The molecule has 116 valence electrons. The Labute approximate surface area is 123 Å². The van der Waals surface area contributed by atoms with Crippen molar-refractivity contribution in [3.63, 3.8) is 0 Å². The van der Waals surface area contributed by atoms with Crippen molar-refractivity contribution < 1.29 is 22.3 Å². The molecule has 1 saturated heterocycles. The van der Waals surface area contributed by atoms with Gasteiger partial charge in [-0.15, -0.1) is 0 Å². The molecule has 0 unspecified atom stereocenters. The maximum atomic E-state index is 13.1. The Morgan fingerprint density at radius 1 is 1.48 bits per heavy atom. The zero-order valence-corrected chi connectivity index (χ0v) is 12.8. The Balaban J connectivity index is 1.99. The van der Waals surface area contributed by atoms with E-state index in [2.05, 4.69) is 0 Å². The van der Waals surface area contributed by atoms with Gasteiger partial charge in [-0.25, -0.2) is 12.8 Å². The van der Waals surface area contributed by atoms with E-state index in [-0.39, 0.29) is 29.2 Å². The molecule has 1 fully saturated rings. The van der Waals surface area contributed by atoms with Gasteiger partial charge in [-0.05, 0) is 25.5 Å². The van der Waals surface area contributed by atoms with Crippen molar-refractivity contribution in [2.24, 2.45) is 0 Å². The average molecular weight is 315 g/mol. The monoisotopic (exact) mass is 315 g/mol. The minimum absolute atomic E-state index is 0.0120. The predicted octanol–water partition coefficient (Wildman–Crippen LogP) is 1.24. The molecule has 7 heteroatoms. The number of likely N-dealkylation sites (N-methyl/N-ethyl adjacent to an activating group) is 1. The normalized spacial score (nSPS) is 21.8. The van der Waals surface area contributed by atoms with Crippen molar-refractivity contribution in [2.45, 2.75) is 25.5 Å². The number of rotatable bonds is 4. The molecule has 1 aliphatic rings. The second-order valence-electron chi connectivity index (χ2n) is 5.22. The van der Waals surface area contributed by atoms with Crippen molar-refractivity contribution in [3.05, 3.63) is 30.1 Å². The Hall–Kier alpha value is -1.63. The van der Waals surface area contributed by atoms with Crippen LogP contribution in [0, 0.1) is 5.82 Å². The van der Waals surface area contributed by atoms with E-state index in [0.717, 1.165) is 0 Å². The van der Waals surface area contributed by atoms with Crippen LogP contribution in [0.25, 0.3) is 0 Å². The third-order valence-electron chi connectivity index (χ3n) is 3.56. The molecular weight excluding hydrogens is 297 g/mol. The van der Waals surface area contributed by atoms with Gasteiger partial charge in [0.15, 0.2) is 15.9 Å². The number of ether oxygens (including phenoxy) is 1. The molecule has 0 spiro atoms. The van der Waals surface area contributed by atoms with E-state index in [4.69, 9.17) is 4.74 Å². The Morgan fingerprint density at radius 3 is 2.76 bits per heavy atom. The number of carbonyl (C=O) groups is 1. The first-order valence-electron chi connectivity index (χ1n) is 6.68. The maximum absolute atomic E-state index is 13.1. The van der Waals surface area contributed by atoms with E-state index >= 15 is 0 Å². The van der Waals surface area contributed by atoms with Crippen LogP contribution in [0.5, 0.6) is 5.75 Å². The first-order chi connectivity index (χ1) is 9.78. The number of nitrogens with zero attached hydrogens (tertiary/aromatic N) is 1. The van der Waals surface area contributed by atoms with E-state index < -0.39 is 21.8 Å². The largest absolute Gasteiger partial charge is 0.481 e. The number of carbonyl (C=O) groups excluding carboxylic acids is 1. The van der Waals surface area contributed by atoms with Crippen molar-refractivity contribution in [3.8, 4) is 5.75 Å². The molecule has 0 N–H and O–H groups in total. The lowest BCUT2D eigenvalue weighted by Crippen LogP contribution is -2.44. The summed E-state index contributed by atoms with van der Waals surface area (Å²) in [4.78, 5) is 13.7. The van der Waals surface area contributed by atoms with Gasteiger partial charge in [-0.2, -0.15) is 0 Å². The van der Waals surface area contributed by atoms with Crippen LogP contribution in [0.4, 0.5) is 4.39 Å². The van der Waals surface area contributed by atoms with Gasteiger partial charge in [-0.1, -0.05) is 6.07 Å². The molecule has 0 aromatic heterocycles. The fourth-order valence-corrected chi connectivity index (χ4v) is 4.12. The van der Waals surface area contributed by atoms with Crippen molar-refractivity contribution in [2.75, 3.05) is 18.6 Å². The summed E-state index contributed by atoms with van der Waals surface area (Å²) in [5.74, 6) is -0.400. The van der Waals surface area contributed by atoms with Crippen LogP contribution in [-0.2, 0) is 14.6 Å². The quantitative estimate of drug-likeness (QED) is 0.838. The molecule has 0 radical (unpaired) electrons. The standard InChI is InChI=1S/C14H18FNO4S/c1-10(20-13-5-3-4-11(15)8-13)14(17)16(2)12-6-7-21(18,19)9-12/h3-5,8,10,12H,6-7,9H2,1-2H3/t10-,12+/m1/s1. The summed E-state index contributed by atoms with van der Waals surface area (Å²) in [6, 6.07) is 5.22. The average Bonchev–Trinajstić information content (AvgIpc) is 2.77.